The topological polar surface area (TPSA) is 90.1 Å². The standard InChI is InChI=1S/C13H22N4O2/c1-3-8-19-12-9-10(2)16-13(17-12)15-7-5-4-6-11(14)18/h9H,3-8H2,1-2H3,(H2,14,18)(H,15,16,17). The molecule has 1 amide bonds. The number of aryl methyl sites for hydroxylation is 1. The first kappa shape index (κ1) is 15.2. The van der Waals surface area contributed by atoms with Crippen LogP contribution in [0.5, 0.6) is 5.88 Å². The predicted octanol–water partition coefficient (Wildman–Crippen LogP) is 1.64. The Balaban J connectivity index is 2.40. The Morgan fingerprint density at radius 1 is 1.42 bits per heavy atom. The van der Waals surface area contributed by atoms with Crippen LogP contribution in [0.15, 0.2) is 6.07 Å². The van der Waals surface area contributed by atoms with Crippen molar-refractivity contribution >= 4 is 11.9 Å². The van der Waals surface area contributed by atoms with Crippen LogP contribution in [-0.4, -0.2) is 29.0 Å². The average molecular weight is 266 g/mol. The van der Waals surface area contributed by atoms with E-state index in [9.17, 15) is 4.79 Å². The van der Waals surface area contributed by atoms with Gasteiger partial charge in [0.25, 0.3) is 0 Å². The van der Waals surface area contributed by atoms with E-state index >= 15 is 0 Å². The second-order valence-electron chi connectivity index (χ2n) is 4.37. The lowest BCUT2D eigenvalue weighted by Crippen LogP contribution is -2.11. The molecule has 1 aromatic rings. The van der Waals surface area contributed by atoms with Gasteiger partial charge >= 0.3 is 0 Å². The van der Waals surface area contributed by atoms with Crippen molar-refractivity contribution in [3.8, 4) is 5.88 Å². The van der Waals surface area contributed by atoms with E-state index in [1.807, 2.05) is 19.9 Å². The molecule has 0 saturated carbocycles. The van der Waals surface area contributed by atoms with Crippen molar-refractivity contribution in [2.45, 2.75) is 39.5 Å². The van der Waals surface area contributed by atoms with Crippen molar-refractivity contribution in [1.29, 1.82) is 0 Å². The van der Waals surface area contributed by atoms with Crippen molar-refractivity contribution < 1.29 is 9.53 Å². The Morgan fingerprint density at radius 3 is 2.89 bits per heavy atom. The minimum absolute atomic E-state index is 0.262. The quantitative estimate of drug-likeness (QED) is 0.663. The highest BCUT2D eigenvalue weighted by Crippen LogP contribution is 2.12. The number of aromatic nitrogens is 2. The van der Waals surface area contributed by atoms with Gasteiger partial charge in [-0.2, -0.15) is 4.98 Å². The zero-order chi connectivity index (χ0) is 14.1. The Kier molecular flexibility index (Phi) is 6.63. The molecule has 6 nitrogen and oxygen atoms in total. The summed E-state index contributed by atoms with van der Waals surface area (Å²) in [5, 5.41) is 3.12. The highest BCUT2D eigenvalue weighted by molar-refractivity contribution is 5.73. The molecule has 0 atom stereocenters. The number of primary amides is 1. The number of hydrogen-bond acceptors (Lipinski definition) is 5. The lowest BCUT2D eigenvalue weighted by atomic mass is 10.2. The Morgan fingerprint density at radius 2 is 2.21 bits per heavy atom. The molecule has 106 valence electrons. The molecule has 3 N–H and O–H groups in total. The van der Waals surface area contributed by atoms with E-state index in [1.54, 1.807) is 0 Å². The van der Waals surface area contributed by atoms with Gasteiger partial charge in [-0.05, 0) is 26.2 Å². The number of nitrogens with two attached hydrogens (primary N) is 1. The number of nitrogens with one attached hydrogen (secondary N) is 1. The van der Waals surface area contributed by atoms with Crippen LogP contribution in [0.25, 0.3) is 0 Å². The number of rotatable bonds is 9. The monoisotopic (exact) mass is 266 g/mol. The zero-order valence-electron chi connectivity index (χ0n) is 11.6. The predicted molar refractivity (Wildman–Crippen MR) is 74.1 cm³/mol. The Hall–Kier alpha value is -1.85. The summed E-state index contributed by atoms with van der Waals surface area (Å²) in [6, 6.07) is 1.81. The summed E-state index contributed by atoms with van der Waals surface area (Å²) in [5.74, 6) is 0.890. The van der Waals surface area contributed by atoms with E-state index in [2.05, 4.69) is 15.3 Å². The summed E-state index contributed by atoms with van der Waals surface area (Å²) in [4.78, 5) is 19.1. The third-order valence-electron chi connectivity index (χ3n) is 2.42. The normalized spacial score (nSPS) is 10.2. The number of unbranched alkanes of at least 4 members (excludes halogenated alkanes) is 1. The van der Waals surface area contributed by atoms with Crippen molar-refractivity contribution in [3.05, 3.63) is 11.8 Å². The van der Waals surface area contributed by atoms with Crippen molar-refractivity contribution in [1.82, 2.24) is 9.97 Å². The van der Waals surface area contributed by atoms with Gasteiger partial charge in [0.05, 0.1) is 6.61 Å². The summed E-state index contributed by atoms with van der Waals surface area (Å²) in [6.07, 6.45) is 2.98. The minimum Gasteiger partial charge on any atom is -0.478 e. The summed E-state index contributed by atoms with van der Waals surface area (Å²) >= 11 is 0. The molecule has 1 heterocycles. The zero-order valence-corrected chi connectivity index (χ0v) is 11.6. The van der Waals surface area contributed by atoms with Gasteiger partial charge in [-0.15, -0.1) is 0 Å². The molecule has 0 aliphatic heterocycles. The fourth-order valence-corrected chi connectivity index (χ4v) is 1.52. The third-order valence-corrected chi connectivity index (χ3v) is 2.42. The van der Waals surface area contributed by atoms with Crippen LogP contribution in [0, 0.1) is 6.92 Å². The maximum absolute atomic E-state index is 10.6. The van der Waals surface area contributed by atoms with E-state index in [-0.39, 0.29) is 5.91 Å². The molecule has 0 fully saturated rings. The molecule has 1 rings (SSSR count). The summed E-state index contributed by atoms with van der Waals surface area (Å²) in [5.41, 5.74) is 5.93. The fraction of sp³-hybridized carbons (Fsp3) is 0.615. The SMILES string of the molecule is CCCOc1cc(C)nc(NCCCCC(N)=O)n1. The van der Waals surface area contributed by atoms with Crippen LogP contribution in [0.1, 0.15) is 38.3 Å². The second kappa shape index (κ2) is 8.29. The van der Waals surface area contributed by atoms with Gasteiger partial charge in [0.2, 0.25) is 17.7 Å². The van der Waals surface area contributed by atoms with Crippen molar-refractivity contribution in [2.75, 3.05) is 18.5 Å². The van der Waals surface area contributed by atoms with Crippen molar-refractivity contribution in [2.24, 2.45) is 5.73 Å². The molecule has 0 bridgehead atoms. The lowest BCUT2D eigenvalue weighted by molar-refractivity contribution is -0.118. The molecule has 0 aliphatic carbocycles. The van der Waals surface area contributed by atoms with Gasteiger partial charge in [0, 0.05) is 24.7 Å². The number of carbonyl (C=O) groups excluding carboxylic acids is 1. The molecule has 0 saturated heterocycles. The number of amides is 1. The largest absolute Gasteiger partial charge is 0.478 e. The third kappa shape index (κ3) is 6.59. The highest BCUT2D eigenvalue weighted by Gasteiger charge is 2.02. The smallest absolute Gasteiger partial charge is 0.226 e. The summed E-state index contributed by atoms with van der Waals surface area (Å²) in [6.45, 7) is 5.31. The number of anilines is 1. The molecular weight excluding hydrogens is 244 g/mol. The van der Waals surface area contributed by atoms with E-state index in [0.29, 0.717) is 31.4 Å². The molecule has 0 spiro atoms. The van der Waals surface area contributed by atoms with Gasteiger partial charge in [0.1, 0.15) is 0 Å². The van der Waals surface area contributed by atoms with E-state index in [4.69, 9.17) is 10.5 Å². The van der Waals surface area contributed by atoms with E-state index in [0.717, 1.165) is 25.0 Å². The van der Waals surface area contributed by atoms with Gasteiger partial charge in [-0.25, -0.2) is 4.98 Å². The van der Waals surface area contributed by atoms with Gasteiger partial charge in [-0.1, -0.05) is 6.92 Å². The summed E-state index contributed by atoms with van der Waals surface area (Å²) < 4.78 is 5.48. The molecule has 6 heteroatoms. The van der Waals surface area contributed by atoms with Crippen LogP contribution in [0.4, 0.5) is 5.95 Å². The molecule has 0 radical (unpaired) electrons. The number of nitrogens with zero attached hydrogens (tertiary/aromatic N) is 2. The van der Waals surface area contributed by atoms with Crippen LogP contribution in [0.2, 0.25) is 0 Å². The van der Waals surface area contributed by atoms with E-state index in [1.165, 1.54) is 0 Å². The number of carbonyl (C=O) groups is 1. The first-order valence-electron chi connectivity index (χ1n) is 6.62. The van der Waals surface area contributed by atoms with Gasteiger partial charge in [-0.3, -0.25) is 4.79 Å². The molecule has 0 unspecified atom stereocenters. The Bertz CT molecular complexity index is 410. The first-order chi connectivity index (χ1) is 9.11. The van der Waals surface area contributed by atoms with Gasteiger partial charge < -0.3 is 15.8 Å². The lowest BCUT2D eigenvalue weighted by Gasteiger charge is -2.08. The van der Waals surface area contributed by atoms with Crippen LogP contribution >= 0.6 is 0 Å². The molecule has 0 aromatic carbocycles. The van der Waals surface area contributed by atoms with E-state index < -0.39 is 0 Å². The Labute approximate surface area is 113 Å². The van der Waals surface area contributed by atoms with Crippen molar-refractivity contribution in [3.63, 3.8) is 0 Å². The van der Waals surface area contributed by atoms with Crippen LogP contribution < -0.4 is 15.8 Å². The fourth-order valence-electron chi connectivity index (χ4n) is 1.52. The van der Waals surface area contributed by atoms with Gasteiger partial charge in [0.15, 0.2) is 0 Å². The van der Waals surface area contributed by atoms with Crippen LogP contribution in [0.3, 0.4) is 0 Å². The minimum atomic E-state index is -0.262. The average Bonchev–Trinajstić information content (AvgIpc) is 2.35. The number of hydrogen-bond donors (Lipinski definition) is 2. The molecule has 19 heavy (non-hydrogen) atoms. The second-order valence-corrected chi connectivity index (χ2v) is 4.37. The molecule has 1 aromatic heterocycles. The molecular formula is C13H22N4O2. The maximum atomic E-state index is 10.6. The highest BCUT2D eigenvalue weighted by atomic mass is 16.5. The maximum Gasteiger partial charge on any atom is 0.226 e. The van der Waals surface area contributed by atoms with Crippen LogP contribution in [-0.2, 0) is 4.79 Å². The first-order valence-corrected chi connectivity index (χ1v) is 6.62. The molecule has 0 aliphatic rings. The summed E-state index contributed by atoms with van der Waals surface area (Å²) in [7, 11) is 0. The number of ether oxygens (including phenoxy) is 1.